The Kier molecular flexibility index (Phi) is 5.76. The Hall–Kier alpha value is -1.39. The van der Waals surface area contributed by atoms with E-state index >= 15 is 0 Å². The van der Waals surface area contributed by atoms with E-state index in [9.17, 15) is 4.79 Å². The molecule has 5 heteroatoms. The van der Waals surface area contributed by atoms with Gasteiger partial charge in [0.25, 0.3) is 5.82 Å². The second-order valence-electron chi connectivity index (χ2n) is 6.00. The molecule has 1 saturated carbocycles. The molecule has 0 atom stereocenters. The zero-order valence-electron chi connectivity index (χ0n) is 13.5. The number of aryl methyl sites for hydroxylation is 1. The topological polar surface area (TPSA) is 57.0 Å². The normalized spacial score (nSPS) is 22.2. The second kappa shape index (κ2) is 7.57. The number of aromatic nitrogens is 3. The van der Waals surface area contributed by atoms with E-state index < -0.39 is 5.97 Å². The Morgan fingerprint density at radius 2 is 2.00 bits per heavy atom. The zero-order chi connectivity index (χ0) is 15.2. The van der Waals surface area contributed by atoms with Crippen molar-refractivity contribution in [2.24, 2.45) is 13.0 Å². The van der Waals surface area contributed by atoms with Crippen molar-refractivity contribution < 1.29 is 9.53 Å². The minimum atomic E-state index is -0.420. The summed E-state index contributed by atoms with van der Waals surface area (Å²) in [6.07, 6.45) is 8.83. The number of unbranched alkanes of at least 4 members (excludes halogenated alkanes) is 1. The standard InChI is InChI=1S/C16H27N3O2/c1-4-6-7-12-8-10-13(11-9-12)15-17-14(18-19(15)3)16(20)21-5-2/h12-13H,4-11H2,1-3H3. The maximum Gasteiger partial charge on any atom is 0.378 e. The number of hydrogen-bond acceptors (Lipinski definition) is 4. The molecule has 1 aromatic heterocycles. The van der Waals surface area contributed by atoms with Gasteiger partial charge in [0.2, 0.25) is 0 Å². The molecule has 118 valence electrons. The highest BCUT2D eigenvalue weighted by Gasteiger charge is 2.27. The SMILES string of the molecule is CCCCC1CCC(c2nc(C(=O)OCC)nn2C)CC1. The van der Waals surface area contributed by atoms with Gasteiger partial charge in [-0.15, -0.1) is 5.10 Å². The maximum absolute atomic E-state index is 11.7. The van der Waals surface area contributed by atoms with E-state index in [1.165, 1.54) is 32.1 Å². The van der Waals surface area contributed by atoms with E-state index in [1.54, 1.807) is 11.6 Å². The number of carbonyl (C=O) groups is 1. The fraction of sp³-hybridized carbons (Fsp3) is 0.812. The molecule has 0 aliphatic heterocycles. The van der Waals surface area contributed by atoms with Gasteiger partial charge in [-0.2, -0.15) is 0 Å². The predicted octanol–water partition coefficient (Wildman–Crippen LogP) is 3.46. The van der Waals surface area contributed by atoms with Crippen molar-refractivity contribution in [1.82, 2.24) is 14.8 Å². The minimum Gasteiger partial charge on any atom is -0.460 e. The molecular formula is C16H27N3O2. The summed E-state index contributed by atoms with van der Waals surface area (Å²) in [6.45, 7) is 4.40. The van der Waals surface area contributed by atoms with Gasteiger partial charge >= 0.3 is 5.97 Å². The van der Waals surface area contributed by atoms with Gasteiger partial charge in [0.15, 0.2) is 0 Å². The molecule has 0 spiro atoms. The molecule has 0 bridgehead atoms. The van der Waals surface area contributed by atoms with Crippen LogP contribution in [0.2, 0.25) is 0 Å². The number of nitrogens with zero attached hydrogens (tertiary/aromatic N) is 3. The lowest BCUT2D eigenvalue weighted by Crippen LogP contribution is -2.16. The van der Waals surface area contributed by atoms with Crippen LogP contribution in [0, 0.1) is 5.92 Å². The highest BCUT2D eigenvalue weighted by Crippen LogP contribution is 2.36. The molecule has 5 nitrogen and oxygen atoms in total. The van der Waals surface area contributed by atoms with Crippen LogP contribution >= 0.6 is 0 Å². The van der Waals surface area contributed by atoms with Gasteiger partial charge in [-0.25, -0.2) is 9.78 Å². The molecule has 1 heterocycles. The summed E-state index contributed by atoms with van der Waals surface area (Å²) in [6, 6.07) is 0. The van der Waals surface area contributed by atoms with Crippen molar-refractivity contribution in [1.29, 1.82) is 0 Å². The maximum atomic E-state index is 11.7. The molecule has 0 amide bonds. The number of hydrogen-bond donors (Lipinski definition) is 0. The van der Waals surface area contributed by atoms with E-state index in [2.05, 4.69) is 17.0 Å². The van der Waals surface area contributed by atoms with E-state index in [0.29, 0.717) is 12.5 Å². The Morgan fingerprint density at radius 3 is 2.62 bits per heavy atom. The average Bonchev–Trinajstić information content (AvgIpc) is 2.88. The van der Waals surface area contributed by atoms with Gasteiger partial charge in [-0.1, -0.05) is 26.2 Å². The van der Waals surface area contributed by atoms with Crippen LogP contribution in [0.5, 0.6) is 0 Å². The lowest BCUT2D eigenvalue weighted by atomic mass is 9.79. The first-order chi connectivity index (χ1) is 10.2. The second-order valence-corrected chi connectivity index (χ2v) is 6.00. The Bertz CT molecular complexity index is 462. The van der Waals surface area contributed by atoms with Crippen LogP contribution in [0.15, 0.2) is 0 Å². The third kappa shape index (κ3) is 4.05. The molecule has 0 saturated heterocycles. The molecule has 0 radical (unpaired) electrons. The number of rotatable bonds is 6. The zero-order valence-corrected chi connectivity index (χ0v) is 13.5. The van der Waals surface area contributed by atoms with Gasteiger partial charge in [0.1, 0.15) is 5.82 Å². The highest BCUT2D eigenvalue weighted by atomic mass is 16.5. The van der Waals surface area contributed by atoms with Crippen LogP contribution in [-0.2, 0) is 11.8 Å². The van der Waals surface area contributed by atoms with Crippen molar-refractivity contribution in [3.63, 3.8) is 0 Å². The predicted molar refractivity (Wildman–Crippen MR) is 81.2 cm³/mol. The van der Waals surface area contributed by atoms with Gasteiger partial charge in [0.05, 0.1) is 6.61 Å². The summed E-state index contributed by atoms with van der Waals surface area (Å²) in [4.78, 5) is 16.1. The molecule has 1 aliphatic carbocycles. The van der Waals surface area contributed by atoms with E-state index in [4.69, 9.17) is 4.74 Å². The number of esters is 1. The van der Waals surface area contributed by atoms with Crippen LogP contribution in [-0.4, -0.2) is 27.3 Å². The Balaban J connectivity index is 1.95. The summed E-state index contributed by atoms with van der Waals surface area (Å²) in [5.41, 5.74) is 0. The quantitative estimate of drug-likeness (QED) is 0.754. The molecule has 1 aliphatic rings. The minimum absolute atomic E-state index is 0.197. The van der Waals surface area contributed by atoms with Gasteiger partial charge in [0, 0.05) is 13.0 Å². The van der Waals surface area contributed by atoms with Crippen molar-refractivity contribution in [2.45, 2.75) is 64.7 Å². The summed E-state index contributed by atoms with van der Waals surface area (Å²) < 4.78 is 6.72. The molecule has 0 aromatic carbocycles. The van der Waals surface area contributed by atoms with Crippen LogP contribution in [0.1, 0.15) is 81.2 Å². The molecular weight excluding hydrogens is 266 g/mol. The van der Waals surface area contributed by atoms with Crippen LogP contribution in [0.25, 0.3) is 0 Å². The fourth-order valence-corrected chi connectivity index (χ4v) is 3.24. The summed E-state index contributed by atoms with van der Waals surface area (Å²) in [7, 11) is 1.87. The summed E-state index contributed by atoms with van der Waals surface area (Å²) in [5.74, 6) is 2.02. The first-order valence-electron chi connectivity index (χ1n) is 8.23. The van der Waals surface area contributed by atoms with Gasteiger partial charge in [-0.3, -0.25) is 4.68 Å². The first-order valence-corrected chi connectivity index (χ1v) is 8.23. The summed E-state index contributed by atoms with van der Waals surface area (Å²) in [5, 5.41) is 4.20. The van der Waals surface area contributed by atoms with E-state index in [-0.39, 0.29) is 5.82 Å². The van der Waals surface area contributed by atoms with Crippen molar-refractivity contribution in [2.75, 3.05) is 6.61 Å². The third-order valence-electron chi connectivity index (χ3n) is 4.43. The fourth-order valence-electron chi connectivity index (χ4n) is 3.24. The van der Waals surface area contributed by atoms with Gasteiger partial charge in [-0.05, 0) is 38.5 Å². The lowest BCUT2D eigenvalue weighted by Gasteiger charge is -2.27. The monoisotopic (exact) mass is 293 g/mol. The molecule has 1 aromatic rings. The number of carbonyl (C=O) groups excluding carboxylic acids is 1. The van der Waals surface area contributed by atoms with E-state index in [1.807, 2.05) is 7.05 Å². The van der Waals surface area contributed by atoms with Crippen molar-refractivity contribution in [3.05, 3.63) is 11.6 Å². The number of ether oxygens (including phenoxy) is 1. The first kappa shape index (κ1) is 16.0. The Morgan fingerprint density at radius 1 is 1.29 bits per heavy atom. The van der Waals surface area contributed by atoms with E-state index in [0.717, 1.165) is 24.6 Å². The summed E-state index contributed by atoms with van der Waals surface area (Å²) >= 11 is 0. The molecule has 0 unspecified atom stereocenters. The molecule has 0 N–H and O–H groups in total. The van der Waals surface area contributed by atoms with Gasteiger partial charge < -0.3 is 4.74 Å². The smallest absolute Gasteiger partial charge is 0.378 e. The molecule has 1 fully saturated rings. The van der Waals surface area contributed by atoms with Crippen molar-refractivity contribution >= 4 is 5.97 Å². The van der Waals surface area contributed by atoms with Crippen LogP contribution in [0.4, 0.5) is 0 Å². The average molecular weight is 293 g/mol. The Labute approximate surface area is 127 Å². The largest absolute Gasteiger partial charge is 0.460 e. The van der Waals surface area contributed by atoms with Crippen molar-refractivity contribution in [3.8, 4) is 0 Å². The lowest BCUT2D eigenvalue weighted by molar-refractivity contribution is 0.0511. The molecule has 2 rings (SSSR count). The third-order valence-corrected chi connectivity index (χ3v) is 4.43. The highest BCUT2D eigenvalue weighted by molar-refractivity contribution is 5.85. The molecule has 21 heavy (non-hydrogen) atoms. The van der Waals surface area contributed by atoms with Crippen LogP contribution in [0.3, 0.4) is 0 Å². The van der Waals surface area contributed by atoms with Crippen LogP contribution < -0.4 is 0 Å².